The molecule has 4 nitrogen and oxygen atoms in total. The molecule has 0 spiro atoms. The van der Waals surface area contributed by atoms with Crippen molar-refractivity contribution in [3.8, 4) is 0 Å². The van der Waals surface area contributed by atoms with Crippen molar-refractivity contribution in [3.05, 3.63) is 82.7 Å². The van der Waals surface area contributed by atoms with Gasteiger partial charge in [-0.3, -0.25) is 4.79 Å². The molecule has 0 aliphatic heterocycles. The maximum atomic E-state index is 12.0. The molecule has 2 heterocycles. The Kier molecular flexibility index (Phi) is 5.67. The number of carbonyl (C=O) groups is 1. The van der Waals surface area contributed by atoms with Gasteiger partial charge in [-0.25, -0.2) is 0 Å². The summed E-state index contributed by atoms with van der Waals surface area (Å²) < 4.78 is 10.8. The SMILES string of the molecule is O=C(NCc1ccco1)c1ccc(CSCc2ccccc2Cl)o1. The minimum Gasteiger partial charge on any atom is -0.467 e. The molecular weight excluding hydrogens is 346 g/mol. The van der Waals surface area contributed by atoms with Crippen LogP contribution in [0.1, 0.15) is 27.6 Å². The molecule has 2 aromatic heterocycles. The van der Waals surface area contributed by atoms with Gasteiger partial charge >= 0.3 is 0 Å². The molecule has 0 radical (unpaired) electrons. The number of rotatable bonds is 7. The predicted molar refractivity (Wildman–Crippen MR) is 95.0 cm³/mol. The minimum absolute atomic E-state index is 0.256. The number of thioether (sulfide) groups is 1. The zero-order valence-electron chi connectivity index (χ0n) is 12.8. The smallest absolute Gasteiger partial charge is 0.287 e. The Balaban J connectivity index is 1.48. The fourth-order valence-electron chi connectivity index (χ4n) is 2.12. The van der Waals surface area contributed by atoms with Crippen LogP contribution in [0.15, 0.2) is 63.6 Å². The lowest BCUT2D eigenvalue weighted by Crippen LogP contribution is -2.21. The third kappa shape index (κ3) is 4.46. The monoisotopic (exact) mass is 361 g/mol. The molecule has 0 aliphatic carbocycles. The number of nitrogens with one attached hydrogen (secondary N) is 1. The molecule has 0 atom stereocenters. The third-order valence-corrected chi connectivity index (χ3v) is 4.72. The topological polar surface area (TPSA) is 55.4 Å². The molecule has 0 saturated carbocycles. The van der Waals surface area contributed by atoms with Crippen LogP contribution in [0.3, 0.4) is 0 Å². The van der Waals surface area contributed by atoms with Gasteiger partial charge in [0.15, 0.2) is 5.76 Å². The quantitative estimate of drug-likeness (QED) is 0.651. The van der Waals surface area contributed by atoms with Gasteiger partial charge < -0.3 is 14.2 Å². The molecule has 1 aromatic carbocycles. The first kappa shape index (κ1) is 16.7. The summed E-state index contributed by atoms with van der Waals surface area (Å²) in [4.78, 5) is 12.0. The Morgan fingerprint density at radius 2 is 1.92 bits per heavy atom. The van der Waals surface area contributed by atoms with E-state index in [1.165, 1.54) is 0 Å². The van der Waals surface area contributed by atoms with Crippen molar-refractivity contribution in [2.24, 2.45) is 0 Å². The maximum Gasteiger partial charge on any atom is 0.287 e. The van der Waals surface area contributed by atoms with E-state index in [9.17, 15) is 4.79 Å². The molecule has 0 bridgehead atoms. The van der Waals surface area contributed by atoms with Crippen LogP contribution in [0.4, 0.5) is 0 Å². The molecule has 24 heavy (non-hydrogen) atoms. The fourth-order valence-corrected chi connectivity index (χ4v) is 3.33. The standard InChI is InChI=1S/C18H16ClNO3S/c19-16-6-2-1-4-13(16)11-24-12-15-7-8-17(23-15)18(21)20-10-14-5-3-9-22-14/h1-9H,10-12H2,(H,20,21). The summed E-state index contributed by atoms with van der Waals surface area (Å²) in [5.74, 6) is 2.97. The van der Waals surface area contributed by atoms with Crippen molar-refractivity contribution in [3.63, 3.8) is 0 Å². The number of amides is 1. The highest BCUT2D eigenvalue weighted by Gasteiger charge is 2.11. The molecule has 1 N–H and O–H groups in total. The molecule has 6 heteroatoms. The van der Waals surface area contributed by atoms with E-state index in [1.54, 1.807) is 36.2 Å². The second-order valence-electron chi connectivity index (χ2n) is 5.11. The van der Waals surface area contributed by atoms with Gasteiger partial charge in [0, 0.05) is 10.8 Å². The first-order chi connectivity index (χ1) is 11.7. The van der Waals surface area contributed by atoms with Gasteiger partial charge in [0.2, 0.25) is 0 Å². The zero-order valence-corrected chi connectivity index (χ0v) is 14.4. The van der Waals surface area contributed by atoms with Gasteiger partial charge in [-0.2, -0.15) is 0 Å². The first-order valence-electron chi connectivity index (χ1n) is 7.43. The number of furan rings is 2. The Labute approximate surface area is 149 Å². The number of benzene rings is 1. The van der Waals surface area contributed by atoms with Gasteiger partial charge in [0.25, 0.3) is 5.91 Å². The summed E-state index contributed by atoms with van der Waals surface area (Å²) in [7, 11) is 0. The summed E-state index contributed by atoms with van der Waals surface area (Å²) in [6.07, 6.45) is 1.57. The summed E-state index contributed by atoms with van der Waals surface area (Å²) >= 11 is 7.82. The zero-order chi connectivity index (χ0) is 16.8. The van der Waals surface area contributed by atoms with E-state index in [-0.39, 0.29) is 5.91 Å². The second-order valence-corrected chi connectivity index (χ2v) is 6.51. The molecule has 0 fully saturated rings. The van der Waals surface area contributed by atoms with Gasteiger partial charge in [0.05, 0.1) is 18.6 Å². The number of hydrogen-bond donors (Lipinski definition) is 1. The average molecular weight is 362 g/mol. The van der Waals surface area contributed by atoms with Crippen LogP contribution in [0.5, 0.6) is 0 Å². The number of hydrogen-bond acceptors (Lipinski definition) is 4. The summed E-state index contributed by atoms with van der Waals surface area (Å²) in [6.45, 7) is 0.336. The molecule has 3 rings (SSSR count). The highest BCUT2D eigenvalue weighted by molar-refractivity contribution is 7.97. The molecule has 0 aliphatic rings. The van der Waals surface area contributed by atoms with Gasteiger partial charge in [-0.1, -0.05) is 29.8 Å². The summed E-state index contributed by atoms with van der Waals surface area (Å²) in [5.41, 5.74) is 1.09. The van der Waals surface area contributed by atoms with Crippen molar-refractivity contribution >= 4 is 29.3 Å². The molecule has 3 aromatic rings. The van der Waals surface area contributed by atoms with Crippen LogP contribution in [0, 0.1) is 0 Å². The van der Waals surface area contributed by atoms with Crippen LogP contribution in [-0.2, 0) is 18.1 Å². The van der Waals surface area contributed by atoms with Crippen molar-refractivity contribution in [2.75, 3.05) is 0 Å². The molecule has 124 valence electrons. The maximum absolute atomic E-state index is 12.0. The highest BCUT2D eigenvalue weighted by Crippen LogP contribution is 2.24. The Hall–Kier alpha value is -2.11. The highest BCUT2D eigenvalue weighted by atomic mass is 35.5. The van der Waals surface area contributed by atoms with Crippen molar-refractivity contribution in [1.82, 2.24) is 5.32 Å². The normalized spacial score (nSPS) is 10.7. The van der Waals surface area contributed by atoms with Gasteiger partial charge in [0.1, 0.15) is 11.5 Å². The van der Waals surface area contributed by atoms with E-state index in [2.05, 4.69) is 5.32 Å². The average Bonchev–Trinajstić information content (AvgIpc) is 3.26. The van der Waals surface area contributed by atoms with Crippen molar-refractivity contribution < 1.29 is 13.6 Å². The lowest BCUT2D eigenvalue weighted by molar-refractivity contribution is 0.0919. The Morgan fingerprint density at radius 3 is 2.71 bits per heavy atom. The molecule has 0 saturated heterocycles. The molecule has 0 unspecified atom stereocenters. The lowest BCUT2D eigenvalue weighted by Gasteiger charge is -2.03. The van der Waals surface area contributed by atoms with Crippen LogP contribution < -0.4 is 5.32 Å². The van der Waals surface area contributed by atoms with Crippen LogP contribution in [0.2, 0.25) is 5.02 Å². The third-order valence-electron chi connectivity index (χ3n) is 3.35. The molecule has 1 amide bonds. The minimum atomic E-state index is -0.256. The van der Waals surface area contributed by atoms with Gasteiger partial charge in [-0.05, 0) is 35.9 Å². The van der Waals surface area contributed by atoms with E-state index in [0.29, 0.717) is 23.8 Å². The van der Waals surface area contributed by atoms with E-state index < -0.39 is 0 Å². The van der Waals surface area contributed by atoms with Crippen molar-refractivity contribution in [1.29, 1.82) is 0 Å². The van der Waals surface area contributed by atoms with Crippen LogP contribution >= 0.6 is 23.4 Å². The predicted octanol–water partition coefficient (Wildman–Crippen LogP) is 4.89. The summed E-state index contributed by atoms with van der Waals surface area (Å²) in [6, 6.07) is 14.9. The number of carbonyl (C=O) groups excluding carboxylic acids is 1. The summed E-state index contributed by atoms with van der Waals surface area (Å²) in [5, 5.41) is 3.52. The van der Waals surface area contributed by atoms with Crippen LogP contribution in [0.25, 0.3) is 0 Å². The van der Waals surface area contributed by atoms with E-state index in [1.807, 2.05) is 30.3 Å². The van der Waals surface area contributed by atoms with Gasteiger partial charge in [-0.15, -0.1) is 11.8 Å². The van der Waals surface area contributed by atoms with E-state index >= 15 is 0 Å². The fraction of sp³-hybridized carbons (Fsp3) is 0.167. The molecular formula is C18H16ClNO3S. The Bertz CT molecular complexity index is 798. The first-order valence-corrected chi connectivity index (χ1v) is 8.96. The van der Waals surface area contributed by atoms with E-state index in [0.717, 1.165) is 22.1 Å². The second kappa shape index (κ2) is 8.13. The Morgan fingerprint density at radius 1 is 1.04 bits per heavy atom. The van der Waals surface area contributed by atoms with E-state index in [4.69, 9.17) is 20.4 Å². The largest absolute Gasteiger partial charge is 0.467 e. The number of halogens is 1. The van der Waals surface area contributed by atoms with Crippen LogP contribution in [-0.4, -0.2) is 5.91 Å². The lowest BCUT2D eigenvalue weighted by atomic mass is 10.2. The van der Waals surface area contributed by atoms with Crippen molar-refractivity contribution in [2.45, 2.75) is 18.1 Å².